The van der Waals surface area contributed by atoms with Gasteiger partial charge in [0.2, 0.25) is 0 Å². The van der Waals surface area contributed by atoms with E-state index in [1.165, 1.54) is 60.1 Å². The molecule has 58 heavy (non-hydrogen) atoms. The van der Waals surface area contributed by atoms with Crippen molar-refractivity contribution in [2.45, 2.75) is 0 Å². The molecule has 0 amide bonds. The van der Waals surface area contributed by atoms with Crippen molar-refractivity contribution in [1.29, 1.82) is 0 Å². The topological polar surface area (TPSA) is 22.8 Å². The molecule has 3 aromatic heterocycles. The maximum Gasteiger partial charge on any atom is 0.0788 e. The van der Waals surface area contributed by atoms with Gasteiger partial charge >= 0.3 is 0 Å². The molecular formula is C55H35N3. The minimum absolute atomic E-state index is 0.998. The molecule has 0 spiro atoms. The summed E-state index contributed by atoms with van der Waals surface area (Å²) in [4.78, 5) is 5.19. The fraction of sp³-hybridized carbons (Fsp3) is 0. The standard InChI is InChI=1S/C55H35N3/c1-2-15-38(16-3-1)55-48-23-14-22-42(54(48)47-21-4-9-24-49(47)56-55)37-31-29-36(30-32-37)39-33-40(57-50-25-10-5-17-43(50)44-18-6-11-26-51(44)57)35-41(34-39)58-52-27-12-7-19-45(52)46-20-8-13-28-53(46)58/h1-35H. The van der Waals surface area contributed by atoms with Gasteiger partial charge < -0.3 is 9.13 Å². The molecule has 0 saturated carbocycles. The van der Waals surface area contributed by atoms with Crippen LogP contribution in [0.3, 0.4) is 0 Å². The van der Waals surface area contributed by atoms with Crippen LogP contribution in [0.25, 0.3) is 110 Å². The predicted molar refractivity (Wildman–Crippen MR) is 244 cm³/mol. The van der Waals surface area contributed by atoms with Crippen LogP contribution in [0, 0.1) is 0 Å². The third-order valence-electron chi connectivity index (χ3n) is 11.9. The van der Waals surface area contributed by atoms with Crippen molar-refractivity contribution in [3.05, 3.63) is 212 Å². The van der Waals surface area contributed by atoms with Gasteiger partial charge in [-0.1, -0.05) is 164 Å². The van der Waals surface area contributed by atoms with Gasteiger partial charge in [0.1, 0.15) is 0 Å². The third kappa shape index (κ3) is 4.97. The Kier molecular flexibility index (Phi) is 7.23. The highest BCUT2D eigenvalue weighted by atomic mass is 15.0. The van der Waals surface area contributed by atoms with E-state index in [0.717, 1.165) is 50.0 Å². The molecule has 270 valence electrons. The molecule has 3 heterocycles. The number of fused-ring (bicyclic) bond motifs is 9. The van der Waals surface area contributed by atoms with E-state index in [1.54, 1.807) is 0 Å². The van der Waals surface area contributed by atoms with Crippen molar-refractivity contribution in [2.75, 3.05) is 0 Å². The van der Waals surface area contributed by atoms with Gasteiger partial charge in [-0.25, -0.2) is 4.98 Å². The summed E-state index contributed by atoms with van der Waals surface area (Å²) in [6.45, 7) is 0. The summed E-state index contributed by atoms with van der Waals surface area (Å²) < 4.78 is 4.86. The van der Waals surface area contributed by atoms with Gasteiger partial charge in [0, 0.05) is 54.6 Å². The summed E-state index contributed by atoms with van der Waals surface area (Å²) >= 11 is 0. The lowest BCUT2D eigenvalue weighted by molar-refractivity contribution is 1.13. The maximum atomic E-state index is 5.19. The summed E-state index contributed by atoms with van der Waals surface area (Å²) in [5, 5.41) is 8.53. The minimum Gasteiger partial charge on any atom is -0.309 e. The van der Waals surface area contributed by atoms with Crippen LogP contribution in [0.5, 0.6) is 0 Å². The molecule has 12 rings (SSSR count). The van der Waals surface area contributed by atoms with E-state index in [0.29, 0.717) is 0 Å². The zero-order valence-electron chi connectivity index (χ0n) is 31.5. The Labute approximate surface area is 335 Å². The zero-order valence-corrected chi connectivity index (χ0v) is 31.5. The number of benzene rings is 9. The Morgan fingerprint density at radius 3 is 1.29 bits per heavy atom. The number of pyridine rings is 1. The van der Waals surface area contributed by atoms with E-state index >= 15 is 0 Å². The molecule has 3 nitrogen and oxygen atoms in total. The molecule has 3 heteroatoms. The van der Waals surface area contributed by atoms with Crippen LogP contribution in [-0.4, -0.2) is 14.1 Å². The van der Waals surface area contributed by atoms with E-state index in [4.69, 9.17) is 4.98 Å². The van der Waals surface area contributed by atoms with Crippen LogP contribution in [-0.2, 0) is 0 Å². The molecule has 9 aromatic carbocycles. The molecule has 0 N–H and O–H groups in total. The molecule has 0 aliphatic heterocycles. The zero-order chi connectivity index (χ0) is 38.2. The van der Waals surface area contributed by atoms with Gasteiger partial charge in [-0.05, 0) is 70.8 Å². The van der Waals surface area contributed by atoms with Crippen molar-refractivity contribution < 1.29 is 0 Å². The lowest BCUT2D eigenvalue weighted by Crippen LogP contribution is -2.00. The Bertz CT molecular complexity index is 3310. The van der Waals surface area contributed by atoms with Crippen LogP contribution in [0.4, 0.5) is 0 Å². The fourth-order valence-corrected chi connectivity index (χ4v) is 9.32. The minimum atomic E-state index is 0.998. The van der Waals surface area contributed by atoms with Gasteiger partial charge in [-0.2, -0.15) is 0 Å². The smallest absolute Gasteiger partial charge is 0.0788 e. The Balaban J connectivity index is 1.08. The van der Waals surface area contributed by atoms with E-state index < -0.39 is 0 Å². The van der Waals surface area contributed by atoms with Crippen LogP contribution in [0.1, 0.15) is 0 Å². The van der Waals surface area contributed by atoms with Gasteiger partial charge in [0.05, 0.1) is 33.3 Å². The van der Waals surface area contributed by atoms with E-state index in [1.807, 2.05) is 0 Å². The molecule has 0 unspecified atom stereocenters. The highest BCUT2D eigenvalue weighted by Crippen LogP contribution is 2.41. The van der Waals surface area contributed by atoms with Crippen molar-refractivity contribution in [2.24, 2.45) is 0 Å². The second-order valence-electron chi connectivity index (χ2n) is 15.1. The van der Waals surface area contributed by atoms with Crippen molar-refractivity contribution in [3.63, 3.8) is 0 Å². The Hall–Kier alpha value is -7.75. The first-order valence-electron chi connectivity index (χ1n) is 19.9. The molecule has 0 aliphatic carbocycles. The first kappa shape index (κ1) is 32.5. The summed E-state index contributed by atoms with van der Waals surface area (Å²) in [6, 6.07) is 76.9. The van der Waals surface area contributed by atoms with E-state index in [9.17, 15) is 0 Å². The van der Waals surface area contributed by atoms with Crippen LogP contribution >= 0.6 is 0 Å². The SMILES string of the molecule is c1ccc(-c2nc3ccccc3c3c(-c4ccc(-c5cc(-n6c7ccccc7c7ccccc76)cc(-n6c7ccccc7c7ccccc76)c5)cc4)cccc23)cc1. The molecule has 0 saturated heterocycles. The molecule has 12 aromatic rings. The van der Waals surface area contributed by atoms with Gasteiger partial charge in [-0.15, -0.1) is 0 Å². The number of nitrogens with zero attached hydrogens (tertiary/aromatic N) is 3. The number of hydrogen-bond donors (Lipinski definition) is 0. The van der Waals surface area contributed by atoms with Crippen LogP contribution in [0.15, 0.2) is 212 Å². The number of rotatable bonds is 5. The molecule has 0 atom stereocenters. The average Bonchev–Trinajstić information content (AvgIpc) is 3.82. The molecule has 0 bridgehead atoms. The second-order valence-corrected chi connectivity index (χ2v) is 15.1. The molecule has 0 fully saturated rings. The van der Waals surface area contributed by atoms with Crippen molar-refractivity contribution in [3.8, 4) is 44.9 Å². The molecule has 0 aliphatic rings. The van der Waals surface area contributed by atoms with Crippen LogP contribution in [0.2, 0.25) is 0 Å². The number of para-hydroxylation sites is 5. The average molecular weight is 738 g/mol. The fourth-order valence-electron chi connectivity index (χ4n) is 9.32. The van der Waals surface area contributed by atoms with Crippen molar-refractivity contribution >= 4 is 65.3 Å². The van der Waals surface area contributed by atoms with Crippen LogP contribution < -0.4 is 0 Å². The number of aromatic nitrogens is 3. The van der Waals surface area contributed by atoms with Gasteiger partial charge in [0.25, 0.3) is 0 Å². The third-order valence-corrected chi connectivity index (χ3v) is 11.9. The highest BCUT2D eigenvalue weighted by Gasteiger charge is 2.18. The normalized spacial score (nSPS) is 11.8. The van der Waals surface area contributed by atoms with E-state index in [-0.39, 0.29) is 0 Å². The van der Waals surface area contributed by atoms with Gasteiger partial charge in [0.15, 0.2) is 0 Å². The summed E-state index contributed by atoms with van der Waals surface area (Å²) in [7, 11) is 0. The largest absolute Gasteiger partial charge is 0.309 e. The summed E-state index contributed by atoms with van der Waals surface area (Å²) in [5.41, 5.74) is 14.8. The monoisotopic (exact) mass is 737 g/mol. The molecule has 0 radical (unpaired) electrons. The summed E-state index contributed by atoms with van der Waals surface area (Å²) in [5.74, 6) is 0. The van der Waals surface area contributed by atoms with E-state index in [2.05, 4.69) is 221 Å². The maximum absolute atomic E-state index is 5.19. The van der Waals surface area contributed by atoms with Gasteiger partial charge in [-0.3, -0.25) is 0 Å². The Morgan fingerprint density at radius 1 is 0.293 bits per heavy atom. The van der Waals surface area contributed by atoms with Crippen molar-refractivity contribution in [1.82, 2.24) is 14.1 Å². The lowest BCUT2D eigenvalue weighted by Gasteiger charge is -2.16. The highest BCUT2D eigenvalue weighted by molar-refractivity contribution is 6.17. The lowest BCUT2D eigenvalue weighted by atomic mass is 9.92. The second kappa shape index (κ2) is 12.9. The number of hydrogen-bond acceptors (Lipinski definition) is 1. The summed E-state index contributed by atoms with van der Waals surface area (Å²) in [6.07, 6.45) is 0. The molecular weight excluding hydrogens is 703 g/mol. The predicted octanol–water partition coefficient (Wildman–Crippen LogP) is 14.6. The first-order chi connectivity index (χ1) is 28.8. The first-order valence-corrected chi connectivity index (χ1v) is 19.9. The quantitative estimate of drug-likeness (QED) is 0.161. The Morgan fingerprint density at radius 2 is 0.741 bits per heavy atom.